The number of aromatic nitrogens is 5. The minimum absolute atomic E-state index is 0.720. The van der Waals surface area contributed by atoms with Crippen molar-refractivity contribution in [3.63, 3.8) is 0 Å². The summed E-state index contributed by atoms with van der Waals surface area (Å²) in [5.74, 6) is 4.45. The summed E-state index contributed by atoms with van der Waals surface area (Å²) < 4.78 is 4.31. The lowest BCUT2D eigenvalue weighted by atomic mass is 10.2. The van der Waals surface area contributed by atoms with Crippen molar-refractivity contribution in [1.29, 1.82) is 0 Å². The fraction of sp³-hybridized carbons (Fsp3) is 0.615. The molecule has 102 valence electrons. The van der Waals surface area contributed by atoms with E-state index in [0.29, 0.717) is 0 Å². The lowest BCUT2D eigenvalue weighted by Gasteiger charge is -2.08. The van der Waals surface area contributed by atoms with Gasteiger partial charge in [-0.25, -0.2) is 0 Å². The molecule has 2 aromatic heterocycles. The van der Waals surface area contributed by atoms with Gasteiger partial charge in [0.2, 0.25) is 0 Å². The molecule has 0 radical (unpaired) electrons. The minimum atomic E-state index is 0.720. The summed E-state index contributed by atoms with van der Waals surface area (Å²) in [6.45, 7) is 8.03. The molecule has 0 spiro atoms. The Morgan fingerprint density at radius 3 is 2.74 bits per heavy atom. The Morgan fingerprint density at radius 1 is 1.16 bits per heavy atom. The number of nitrogens with zero attached hydrogens (tertiary/aromatic N) is 5. The largest absolute Gasteiger partial charge is 0.313 e. The summed E-state index contributed by atoms with van der Waals surface area (Å²) in [6.07, 6.45) is 1.02. The second-order valence-electron chi connectivity index (χ2n) is 5.00. The van der Waals surface area contributed by atoms with Gasteiger partial charge in [0.05, 0.1) is 5.69 Å². The Hall–Kier alpha value is -1.30. The summed E-state index contributed by atoms with van der Waals surface area (Å²) in [5.41, 5.74) is 3.59. The van der Waals surface area contributed by atoms with Crippen molar-refractivity contribution in [2.45, 2.75) is 40.3 Å². The Balaban J connectivity index is 1.91. The first-order valence-corrected chi connectivity index (χ1v) is 7.81. The van der Waals surface area contributed by atoms with Gasteiger partial charge in [-0.3, -0.25) is 4.68 Å². The molecular weight excluding hydrogens is 258 g/mol. The van der Waals surface area contributed by atoms with E-state index in [1.807, 2.05) is 16.4 Å². The van der Waals surface area contributed by atoms with Gasteiger partial charge in [-0.2, -0.15) is 16.9 Å². The van der Waals surface area contributed by atoms with Crippen LogP contribution in [0.15, 0.2) is 0 Å². The maximum Gasteiger partial charge on any atom is 0.154 e. The van der Waals surface area contributed by atoms with Gasteiger partial charge >= 0.3 is 0 Å². The highest BCUT2D eigenvalue weighted by Gasteiger charge is 2.16. The maximum atomic E-state index is 4.59. The van der Waals surface area contributed by atoms with Crippen molar-refractivity contribution in [1.82, 2.24) is 24.5 Å². The molecule has 0 atom stereocenters. The van der Waals surface area contributed by atoms with Gasteiger partial charge in [-0.1, -0.05) is 0 Å². The number of aryl methyl sites for hydroxylation is 2. The van der Waals surface area contributed by atoms with Crippen LogP contribution < -0.4 is 0 Å². The van der Waals surface area contributed by atoms with Gasteiger partial charge in [-0.15, -0.1) is 10.2 Å². The number of hydrogen-bond donors (Lipinski definition) is 0. The first-order valence-electron chi connectivity index (χ1n) is 6.66. The van der Waals surface area contributed by atoms with E-state index in [1.54, 1.807) is 0 Å². The van der Waals surface area contributed by atoms with Crippen molar-refractivity contribution in [3.05, 3.63) is 28.6 Å². The van der Waals surface area contributed by atoms with Gasteiger partial charge in [0.15, 0.2) is 5.82 Å². The Kier molecular flexibility index (Phi) is 3.35. The third kappa shape index (κ3) is 2.29. The van der Waals surface area contributed by atoms with Gasteiger partial charge in [0.1, 0.15) is 12.4 Å². The van der Waals surface area contributed by atoms with E-state index in [9.17, 15) is 0 Å². The molecule has 6 heteroatoms. The van der Waals surface area contributed by atoms with Crippen molar-refractivity contribution < 1.29 is 0 Å². The zero-order valence-electron chi connectivity index (χ0n) is 11.7. The predicted octanol–water partition coefficient (Wildman–Crippen LogP) is 1.74. The number of hydrogen-bond acceptors (Lipinski definition) is 4. The standard InChI is InChI=1S/C13H19N5S/c1-9-10(2)16-18(11(9)3)8-13-15-14-12-4-6-19-7-5-17(12)13/h4-8H2,1-3H3. The first kappa shape index (κ1) is 12.7. The number of thioether (sulfide) groups is 1. The lowest BCUT2D eigenvalue weighted by Crippen LogP contribution is -2.13. The molecule has 0 unspecified atom stereocenters. The molecule has 1 aliphatic heterocycles. The molecular formula is C13H19N5S. The van der Waals surface area contributed by atoms with Crippen molar-refractivity contribution >= 4 is 11.8 Å². The van der Waals surface area contributed by atoms with Gasteiger partial charge in [0, 0.05) is 30.2 Å². The molecule has 1 aliphatic rings. The Bertz CT molecular complexity index is 598. The zero-order chi connectivity index (χ0) is 13.4. The van der Waals surface area contributed by atoms with E-state index in [2.05, 4.69) is 40.6 Å². The lowest BCUT2D eigenvalue weighted by molar-refractivity contribution is 0.587. The highest BCUT2D eigenvalue weighted by atomic mass is 32.2. The molecule has 3 heterocycles. The molecule has 0 aliphatic carbocycles. The van der Waals surface area contributed by atoms with Crippen LogP contribution in [0.3, 0.4) is 0 Å². The molecule has 0 saturated heterocycles. The van der Waals surface area contributed by atoms with Crippen LogP contribution in [0.1, 0.15) is 28.6 Å². The van der Waals surface area contributed by atoms with E-state index >= 15 is 0 Å². The van der Waals surface area contributed by atoms with E-state index in [1.165, 1.54) is 11.3 Å². The summed E-state index contributed by atoms with van der Waals surface area (Å²) in [7, 11) is 0. The number of fused-ring (bicyclic) bond motifs is 1. The molecule has 19 heavy (non-hydrogen) atoms. The van der Waals surface area contributed by atoms with Crippen molar-refractivity contribution in [2.75, 3.05) is 11.5 Å². The first-order chi connectivity index (χ1) is 9.16. The monoisotopic (exact) mass is 277 g/mol. The smallest absolute Gasteiger partial charge is 0.154 e. The van der Waals surface area contributed by atoms with Crippen LogP contribution in [-0.4, -0.2) is 36.1 Å². The molecule has 0 fully saturated rings. The second kappa shape index (κ2) is 5.00. The highest BCUT2D eigenvalue weighted by Crippen LogP contribution is 2.16. The van der Waals surface area contributed by atoms with Crippen molar-refractivity contribution in [2.24, 2.45) is 0 Å². The molecule has 5 nitrogen and oxygen atoms in total. The zero-order valence-corrected chi connectivity index (χ0v) is 12.5. The minimum Gasteiger partial charge on any atom is -0.313 e. The normalized spacial score (nSPS) is 15.3. The van der Waals surface area contributed by atoms with E-state index in [4.69, 9.17) is 0 Å². The third-order valence-electron chi connectivity index (χ3n) is 3.87. The second-order valence-corrected chi connectivity index (χ2v) is 6.22. The average Bonchev–Trinajstić information content (AvgIpc) is 2.77. The van der Waals surface area contributed by atoms with Crippen LogP contribution in [0.5, 0.6) is 0 Å². The highest BCUT2D eigenvalue weighted by molar-refractivity contribution is 7.99. The molecule has 0 amide bonds. The predicted molar refractivity (Wildman–Crippen MR) is 76.6 cm³/mol. The molecule has 0 saturated carbocycles. The van der Waals surface area contributed by atoms with Crippen LogP contribution in [0, 0.1) is 20.8 Å². The summed E-state index contributed by atoms with van der Waals surface area (Å²) in [5, 5.41) is 13.3. The van der Waals surface area contributed by atoms with E-state index in [0.717, 1.165) is 48.4 Å². The molecule has 0 N–H and O–H groups in total. The Morgan fingerprint density at radius 2 is 2.00 bits per heavy atom. The van der Waals surface area contributed by atoms with Gasteiger partial charge in [0.25, 0.3) is 0 Å². The topological polar surface area (TPSA) is 48.5 Å². The van der Waals surface area contributed by atoms with Gasteiger partial charge < -0.3 is 4.57 Å². The molecule has 0 aromatic carbocycles. The molecule has 3 rings (SSSR count). The summed E-state index contributed by atoms with van der Waals surface area (Å²) >= 11 is 1.99. The average molecular weight is 277 g/mol. The van der Waals surface area contributed by atoms with Crippen molar-refractivity contribution in [3.8, 4) is 0 Å². The van der Waals surface area contributed by atoms with Crippen LogP contribution in [0.25, 0.3) is 0 Å². The number of rotatable bonds is 2. The van der Waals surface area contributed by atoms with Crippen LogP contribution in [0.2, 0.25) is 0 Å². The molecule has 0 bridgehead atoms. The van der Waals surface area contributed by atoms with Crippen LogP contribution in [0.4, 0.5) is 0 Å². The Labute approximate surface area is 117 Å². The van der Waals surface area contributed by atoms with Crippen LogP contribution >= 0.6 is 11.8 Å². The van der Waals surface area contributed by atoms with Crippen LogP contribution in [-0.2, 0) is 19.5 Å². The SMILES string of the molecule is Cc1nn(Cc2nnc3n2CCSCC3)c(C)c1C. The summed E-state index contributed by atoms with van der Waals surface area (Å²) in [6, 6.07) is 0. The van der Waals surface area contributed by atoms with E-state index in [-0.39, 0.29) is 0 Å². The molecule has 2 aromatic rings. The third-order valence-corrected chi connectivity index (χ3v) is 4.83. The maximum absolute atomic E-state index is 4.59. The van der Waals surface area contributed by atoms with E-state index < -0.39 is 0 Å². The summed E-state index contributed by atoms with van der Waals surface area (Å²) in [4.78, 5) is 0. The van der Waals surface area contributed by atoms with Gasteiger partial charge in [-0.05, 0) is 26.3 Å². The fourth-order valence-corrected chi connectivity index (χ4v) is 3.27. The quantitative estimate of drug-likeness (QED) is 0.839. The fourth-order valence-electron chi connectivity index (χ4n) is 2.43.